The van der Waals surface area contributed by atoms with E-state index in [1.54, 1.807) is 12.1 Å². The zero-order valence-electron chi connectivity index (χ0n) is 10.6. The molecule has 0 aliphatic heterocycles. The van der Waals surface area contributed by atoms with Crippen LogP contribution in [-0.4, -0.2) is 9.78 Å². The van der Waals surface area contributed by atoms with Crippen LogP contribution in [0.4, 0.5) is 5.69 Å². The van der Waals surface area contributed by atoms with Gasteiger partial charge in [0.15, 0.2) is 0 Å². The fraction of sp³-hybridized carbons (Fsp3) is 0.308. The molecule has 2 aromatic rings. The first-order valence-electron chi connectivity index (χ1n) is 5.89. The van der Waals surface area contributed by atoms with Gasteiger partial charge in [0, 0.05) is 29.4 Å². The second kappa shape index (κ2) is 6.04. The first kappa shape index (κ1) is 14.5. The number of rotatable bonds is 4. The lowest BCUT2D eigenvalue weighted by molar-refractivity contribution is 0.532. The van der Waals surface area contributed by atoms with Crippen LogP contribution in [0.2, 0.25) is 15.1 Å². The Morgan fingerprint density at radius 3 is 2.37 bits per heavy atom. The number of benzene rings is 1. The topological polar surface area (TPSA) is 29.9 Å². The summed E-state index contributed by atoms with van der Waals surface area (Å²) in [7, 11) is 0. The van der Waals surface area contributed by atoms with Crippen LogP contribution in [0.3, 0.4) is 0 Å². The van der Waals surface area contributed by atoms with Gasteiger partial charge in [0.2, 0.25) is 0 Å². The third kappa shape index (κ3) is 3.56. The molecule has 2 rings (SSSR count). The van der Waals surface area contributed by atoms with Gasteiger partial charge in [-0.05, 0) is 26.0 Å². The third-order valence-corrected chi connectivity index (χ3v) is 3.47. The van der Waals surface area contributed by atoms with Crippen molar-refractivity contribution in [1.29, 1.82) is 0 Å². The van der Waals surface area contributed by atoms with Crippen LogP contribution < -0.4 is 5.32 Å². The van der Waals surface area contributed by atoms with Gasteiger partial charge in [-0.2, -0.15) is 5.10 Å². The summed E-state index contributed by atoms with van der Waals surface area (Å²) >= 11 is 18.1. The molecule has 3 nitrogen and oxygen atoms in total. The monoisotopic (exact) mass is 317 g/mol. The van der Waals surface area contributed by atoms with Gasteiger partial charge in [-0.25, -0.2) is 0 Å². The van der Waals surface area contributed by atoms with Crippen LogP contribution in [-0.2, 0) is 6.54 Å². The van der Waals surface area contributed by atoms with Crippen molar-refractivity contribution in [3.63, 3.8) is 0 Å². The SMILES string of the molecule is CC(C)n1cc(CNc2c(Cl)cc(Cl)cc2Cl)cn1. The Balaban J connectivity index is 2.10. The number of anilines is 1. The Morgan fingerprint density at radius 2 is 1.84 bits per heavy atom. The fourth-order valence-electron chi connectivity index (χ4n) is 1.65. The van der Waals surface area contributed by atoms with Crippen LogP contribution in [0.15, 0.2) is 24.5 Å². The Bertz CT molecular complexity index is 555. The summed E-state index contributed by atoms with van der Waals surface area (Å²) in [5.74, 6) is 0. The van der Waals surface area contributed by atoms with Gasteiger partial charge in [0.05, 0.1) is 21.9 Å². The number of hydrogen-bond acceptors (Lipinski definition) is 2. The van der Waals surface area contributed by atoms with E-state index in [0.717, 1.165) is 5.56 Å². The Hall–Kier alpha value is -0.900. The Kier molecular flexibility index (Phi) is 4.61. The van der Waals surface area contributed by atoms with E-state index in [1.807, 2.05) is 17.1 Å². The second-order valence-corrected chi connectivity index (χ2v) is 5.77. The Labute approximate surface area is 127 Å². The van der Waals surface area contributed by atoms with E-state index in [9.17, 15) is 0 Å². The van der Waals surface area contributed by atoms with E-state index in [1.165, 1.54) is 0 Å². The lowest BCUT2D eigenvalue weighted by Gasteiger charge is -2.10. The predicted molar refractivity (Wildman–Crippen MR) is 81.4 cm³/mol. The molecule has 19 heavy (non-hydrogen) atoms. The van der Waals surface area contributed by atoms with Crippen molar-refractivity contribution in [2.45, 2.75) is 26.4 Å². The van der Waals surface area contributed by atoms with Crippen molar-refractivity contribution in [3.05, 3.63) is 45.2 Å². The lowest BCUT2D eigenvalue weighted by Crippen LogP contribution is -2.01. The summed E-state index contributed by atoms with van der Waals surface area (Å²) in [6, 6.07) is 3.67. The van der Waals surface area contributed by atoms with E-state index in [0.29, 0.717) is 33.3 Å². The van der Waals surface area contributed by atoms with E-state index in [4.69, 9.17) is 34.8 Å². The summed E-state index contributed by atoms with van der Waals surface area (Å²) in [6.07, 6.45) is 3.82. The van der Waals surface area contributed by atoms with Crippen molar-refractivity contribution in [2.24, 2.45) is 0 Å². The van der Waals surface area contributed by atoms with Gasteiger partial charge in [-0.15, -0.1) is 0 Å². The molecule has 1 N–H and O–H groups in total. The van der Waals surface area contributed by atoms with Gasteiger partial charge in [-0.1, -0.05) is 34.8 Å². The average molecular weight is 319 g/mol. The molecule has 1 aromatic heterocycles. The third-order valence-electron chi connectivity index (χ3n) is 2.66. The molecule has 1 aromatic carbocycles. The standard InChI is InChI=1S/C13H14Cl3N3/c1-8(2)19-7-9(6-18-19)5-17-13-11(15)3-10(14)4-12(13)16/h3-4,6-8,17H,5H2,1-2H3. The van der Waals surface area contributed by atoms with Gasteiger partial charge < -0.3 is 5.32 Å². The molecule has 1 heterocycles. The first-order chi connectivity index (χ1) is 8.97. The zero-order chi connectivity index (χ0) is 14.0. The van der Waals surface area contributed by atoms with Gasteiger partial charge in [-0.3, -0.25) is 4.68 Å². The molecule has 0 unspecified atom stereocenters. The second-order valence-electron chi connectivity index (χ2n) is 4.52. The molecule has 0 atom stereocenters. The molecule has 102 valence electrons. The van der Waals surface area contributed by atoms with Crippen molar-refractivity contribution in [1.82, 2.24) is 9.78 Å². The Morgan fingerprint density at radius 1 is 1.21 bits per heavy atom. The van der Waals surface area contributed by atoms with Crippen LogP contribution in [0.25, 0.3) is 0 Å². The molecule has 0 saturated heterocycles. The highest BCUT2D eigenvalue weighted by atomic mass is 35.5. The zero-order valence-corrected chi connectivity index (χ0v) is 12.9. The van der Waals surface area contributed by atoms with Gasteiger partial charge in [0.1, 0.15) is 0 Å². The number of nitrogens with one attached hydrogen (secondary N) is 1. The number of nitrogens with zero attached hydrogens (tertiary/aromatic N) is 2. The molecule has 0 aliphatic rings. The first-order valence-corrected chi connectivity index (χ1v) is 7.02. The number of halogens is 3. The van der Waals surface area contributed by atoms with Crippen LogP contribution in [0, 0.1) is 0 Å². The van der Waals surface area contributed by atoms with E-state index >= 15 is 0 Å². The van der Waals surface area contributed by atoms with E-state index in [2.05, 4.69) is 24.3 Å². The van der Waals surface area contributed by atoms with Gasteiger partial charge >= 0.3 is 0 Å². The maximum absolute atomic E-state index is 6.10. The number of hydrogen-bond donors (Lipinski definition) is 1. The predicted octanol–water partition coefficient (Wildman–Crippen LogP) is 5.04. The summed E-state index contributed by atoms with van der Waals surface area (Å²) in [5.41, 5.74) is 1.75. The molecule has 0 amide bonds. The minimum absolute atomic E-state index is 0.344. The molecule has 0 fully saturated rings. The lowest BCUT2D eigenvalue weighted by atomic mass is 10.3. The van der Waals surface area contributed by atoms with Crippen LogP contribution in [0.5, 0.6) is 0 Å². The highest BCUT2D eigenvalue weighted by Crippen LogP contribution is 2.33. The maximum Gasteiger partial charge on any atom is 0.0722 e. The largest absolute Gasteiger partial charge is 0.378 e. The molecule has 0 saturated carbocycles. The van der Waals surface area contributed by atoms with Crippen molar-refractivity contribution < 1.29 is 0 Å². The maximum atomic E-state index is 6.10. The highest BCUT2D eigenvalue weighted by Gasteiger charge is 2.08. The molecule has 0 aliphatic carbocycles. The fourth-order valence-corrected chi connectivity index (χ4v) is 2.60. The summed E-state index contributed by atoms with van der Waals surface area (Å²) < 4.78 is 1.90. The van der Waals surface area contributed by atoms with Crippen molar-refractivity contribution in [3.8, 4) is 0 Å². The van der Waals surface area contributed by atoms with Crippen LogP contribution >= 0.6 is 34.8 Å². The minimum atomic E-state index is 0.344. The van der Waals surface area contributed by atoms with E-state index < -0.39 is 0 Å². The minimum Gasteiger partial charge on any atom is -0.378 e. The summed E-state index contributed by atoms with van der Waals surface area (Å²) in [4.78, 5) is 0. The molecule has 6 heteroatoms. The molecular formula is C13H14Cl3N3. The van der Waals surface area contributed by atoms with Crippen LogP contribution in [0.1, 0.15) is 25.5 Å². The molecule has 0 bridgehead atoms. The van der Waals surface area contributed by atoms with Crippen molar-refractivity contribution >= 4 is 40.5 Å². The number of aromatic nitrogens is 2. The van der Waals surface area contributed by atoms with Crippen molar-refractivity contribution in [2.75, 3.05) is 5.32 Å². The highest BCUT2D eigenvalue weighted by molar-refractivity contribution is 6.41. The summed E-state index contributed by atoms with van der Waals surface area (Å²) in [6.45, 7) is 4.77. The molecule has 0 spiro atoms. The summed E-state index contributed by atoms with van der Waals surface area (Å²) in [5, 5.41) is 9.02. The molecular weight excluding hydrogens is 305 g/mol. The molecule has 0 radical (unpaired) electrons. The average Bonchev–Trinajstić information content (AvgIpc) is 2.76. The normalized spacial score (nSPS) is 11.1. The van der Waals surface area contributed by atoms with Gasteiger partial charge in [0.25, 0.3) is 0 Å². The van der Waals surface area contributed by atoms with E-state index in [-0.39, 0.29) is 0 Å². The quantitative estimate of drug-likeness (QED) is 0.856. The smallest absolute Gasteiger partial charge is 0.0722 e.